The van der Waals surface area contributed by atoms with E-state index in [9.17, 15) is 9.90 Å². The molecule has 16 heavy (non-hydrogen) atoms. The normalized spacial score (nSPS) is 26.6. The molecule has 0 aromatic heterocycles. The van der Waals surface area contributed by atoms with Crippen molar-refractivity contribution >= 4 is 5.97 Å². The van der Waals surface area contributed by atoms with Gasteiger partial charge < -0.3 is 9.84 Å². The summed E-state index contributed by atoms with van der Waals surface area (Å²) in [5, 5.41) is 9.58. The van der Waals surface area contributed by atoms with Gasteiger partial charge in [0.15, 0.2) is 0 Å². The zero-order valence-corrected chi connectivity index (χ0v) is 10.7. The van der Waals surface area contributed by atoms with Crippen LogP contribution >= 0.6 is 0 Å². The Morgan fingerprint density at radius 3 is 2.69 bits per heavy atom. The number of hydrogen-bond acceptors (Lipinski definition) is 3. The second-order valence-corrected chi connectivity index (χ2v) is 5.52. The summed E-state index contributed by atoms with van der Waals surface area (Å²) in [7, 11) is 0. The van der Waals surface area contributed by atoms with Gasteiger partial charge in [-0.25, -0.2) is 0 Å². The fourth-order valence-electron chi connectivity index (χ4n) is 2.25. The Morgan fingerprint density at radius 2 is 2.12 bits per heavy atom. The van der Waals surface area contributed by atoms with Crippen LogP contribution in [0.4, 0.5) is 0 Å². The second kappa shape index (κ2) is 5.67. The van der Waals surface area contributed by atoms with Gasteiger partial charge in [0.25, 0.3) is 0 Å². The predicted octanol–water partition coefficient (Wildman–Crippen LogP) is 2.66. The van der Waals surface area contributed by atoms with Gasteiger partial charge in [-0.2, -0.15) is 0 Å². The van der Waals surface area contributed by atoms with Crippen molar-refractivity contribution in [2.75, 3.05) is 0 Å². The summed E-state index contributed by atoms with van der Waals surface area (Å²) in [5.74, 6) is -0.257. The average Bonchev–Trinajstić information content (AvgIpc) is 2.16. The van der Waals surface area contributed by atoms with Gasteiger partial charge in [-0.15, -0.1) is 0 Å². The number of carbonyl (C=O) groups is 1. The van der Waals surface area contributed by atoms with Crippen molar-refractivity contribution in [2.24, 2.45) is 5.41 Å². The number of aliphatic hydroxyl groups is 1. The summed E-state index contributed by atoms with van der Waals surface area (Å²) in [4.78, 5) is 11.3. The van der Waals surface area contributed by atoms with Crippen LogP contribution in [0, 0.1) is 5.41 Å². The zero-order valence-electron chi connectivity index (χ0n) is 10.7. The molecule has 1 rings (SSSR count). The second-order valence-electron chi connectivity index (χ2n) is 5.52. The molecular weight excluding hydrogens is 204 g/mol. The average molecular weight is 228 g/mol. The molecule has 1 saturated heterocycles. The van der Waals surface area contributed by atoms with Crippen LogP contribution in [-0.4, -0.2) is 23.3 Å². The highest BCUT2D eigenvalue weighted by molar-refractivity contribution is 5.71. The minimum Gasteiger partial charge on any atom is -0.462 e. The first-order chi connectivity index (χ1) is 7.45. The fraction of sp³-hybridized carbons (Fsp3) is 0.923. The number of esters is 1. The molecule has 0 spiro atoms. The molecule has 0 bridgehead atoms. The van der Waals surface area contributed by atoms with Crippen LogP contribution in [0.2, 0.25) is 0 Å². The Kier molecular flexibility index (Phi) is 4.78. The molecule has 94 valence electrons. The lowest BCUT2D eigenvalue weighted by Gasteiger charge is -2.37. The third kappa shape index (κ3) is 3.78. The Hall–Kier alpha value is -0.570. The van der Waals surface area contributed by atoms with Crippen molar-refractivity contribution in [1.29, 1.82) is 0 Å². The monoisotopic (exact) mass is 228 g/mol. The van der Waals surface area contributed by atoms with E-state index in [0.717, 1.165) is 12.8 Å². The summed E-state index contributed by atoms with van der Waals surface area (Å²) in [6.45, 7) is 6.43. The fourth-order valence-corrected chi connectivity index (χ4v) is 2.25. The van der Waals surface area contributed by atoms with Crippen molar-refractivity contribution in [2.45, 2.75) is 71.5 Å². The molecule has 0 amide bonds. The van der Waals surface area contributed by atoms with Crippen LogP contribution in [-0.2, 0) is 9.53 Å². The molecule has 1 aliphatic rings. The van der Waals surface area contributed by atoms with E-state index in [0.29, 0.717) is 6.42 Å². The molecule has 1 N–H and O–H groups in total. The van der Waals surface area contributed by atoms with Gasteiger partial charge >= 0.3 is 5.97 Å². The lowest BCUT2D eigenvalue weighted by molar-refractivity contribution is -0.169. The number of aliphatic hydroxyl groups excluding tert-OH is 1. The van der Waals surface area contributed by atoms with Crippen LogP contribution in [0.25, 0.3) is 0 Å². The molecule has 1 heterocycles. The number of hydrogen-bond donors (Lipinski definition) is 1. The van der Waals surface area contributed by atoms with Gasteiger partial charge in [0.1, 0.15) is 6.10 Å². The topological polar surface area (TPSA) is 46.5 Å². The Labute approximate surface area is 98.2 Å². The molecule has 3 nitrogen and oxygen atoms in total. The zero-order chi connectivity index (χ0) is 12.2. The first-order valence-electron chi connectivity index (χ1n) is 6.33. The largest absolute Gasteiger partial charge is 0.462 e. The Morgan fingerprint density at radius 1 is 1.44 bits per heavy atom. The van der Waals surface area contributed by atoms with Crippen molar-refractivity contribution in [3.8, 4) is 0 Å². The molecular formula is C13H24O3. The molecule has 1 aliphatic heterocycles. The molecule has 0 radical (unpaired) electrons. The van der Waals surface area contributed by atoms with Crippen LogP contribution in [0.5, 0.6) is 0 Å². The van der Waals surface area contributed by atoms with Crippen molar-refractivity contribution in [3.05, 3.63) is 0 Å². The van der Waals surface area contributed by atoms with Crippen LogP contribution < -0.4 is 0 Å². The van der Waals surface area contributed by atoms with Crippen molar-refractivity contribution < 1.29 is 14.6 Å². The summed E-state index contributed by atoms with van der Waals surface area (Å²) in [6, 6.07) is 0. The standard InChI is InChI=1S/C13H24O3/c1-4-5-6-7-13(2,3)11-8-10(14)9-12(15)16-11/h10-11,14H,4-9H2,1-3H3/t10-,11+/m1/s1. The first-order valence-corrected chi connectivity index (χ1v) is 6.33. The lowest BCUT2D eigenvalue weighted by Crippen LogP contribution is -2.41. The number of cyclic esters (lactones) is 1. The van der Waals surface area contributed by atoms with Gasteiger partial charge in [-0.1, -0.05) is 40.0 Å². The van der Waals surface area contributed by atoms with Crippen molar-refractivity contribution in [3.63, 3.8) is 0 Å². The lowest BCUT2D eigenvalue weighted by atomic mass is 9.78. The van der Waals surface area contributed by atoms with Gasteiger partial charge in [0, 0.05) is 11.8 Å². The number of carbonyl (C=O) groups excluding carboxylic acids is 1. The maximum atomic E-state index is 11.3. The minimum atomic E-state index is -0.517. The van der Waals surface area contributed by atoms with Crippen LogP contribution in [0.15, 0.2) is 0 Å². The summed E-state index contributed by atoms with van der Waals surface area (Å²) in [5.41, 5.74) is -0.0216. The third-order valence-electron chi connectivity index (χ3n) is 3.46. The van der Waals surface area contributed by atoms with E-state index in [2.05, 4.69) is 20.8 Å². The van der Waals surface area contributed by atoms with Gasteiger partial charge in [0.05, 0.1) is 12.5 Å². The van der Waals surface area contributed by atoms with Crippen molar-refractivity contribution in [1.82, 2.24) is 0 Å². The maximum absolute atomic E-state index is 11.3. The minimum absolute atomic E-state index is 0.0216. The van der Waals surface area contributed by atoms with Crippen LogP contribution in [0.1, 0.15) is 59.3 Å². The van der Waals surface area contributed by atoms with Crippen LogP contribution in [0.3, 0.4) is 0 Å². The number of unbranched alkanes of at least 4 members (excludes halogenated alkanes) is 2. The molecule has 0 aromatic carbocycles. The van der Waals surface area contributed by atoms with E-state index < -0.39 is 6.10 Å². The van der Waals surface area contributed by atoms with Gasteiger partial charge in [-0.05, 0) is 6.42 Å². The SMILES string of the molecule is CCCCCC(C)(C)[C@@H]1C[C@@H](O)CC(=O)O1. The van der Waals surface area contributed by atoms with Gasteiger partial charge in [-0.3, -0.25) is 4.79 Å². The predicted molar refractivity (Wildman–Crippen MR) is 63.0 cm³/mol. The highest BCUT2D eigenvalue weighted by Gasteiger charge is 2.37. The summed E-state index contributed by atoms with van der Waals surface area (Å²) < 4.78 is 5.35. The number of rotatable bonds is 5. The maximum Gasteiger partial charge on any atom is 0.308 e. The molecule has 0 aromatic rings. The van der Waals surface area contributed by atoms with E-state index >= 15 is 0 Å². The summed E-state index contributed by atoms with van der Waals surface area (Å²) >= 11 is 0. The molecule has 2 atom stereocenters. The van der Waals surface area contributed by atoms with E-state index in [1.54, 1.807) is 0 Å². The summed E-state index contributed by atoms with van der Waals surface area (Å²) in [6.07, 6.45) is 4.72. The molecule has 0 saturated carbocycles. The van der Waals surface area contributed by atoms with E-state index in [1.807, 2.05) is 0 Å². The molecule has 0 aliphatic carbocycles. The Balaban J connectivity index is 2.49. The third-order valence-corrected chi connectivity index (χ3v) is 3.46. The quantitative estimate of drug-likeness (QED) is 0.581. The van der Waals surface area contributed by atoms with E-state index in [4.69, 9.17) is 4.74 Å². The molecule has 3 heteroatoms. The molecule has 0 unspecified atom stereocenters. The highest BCUT2D eigenvalue weighted by Crippen LogP contribution is 2.35. The first kappa shape index (κ1) is 13.5. The van der Waals surface area contributed by atoms with E-state index in [-0.39, 0.29) is 23.9 Å². The molecule has 1 fully saturated rings. The van der Waals surface area contributed by atoms with Gasteiger partial charge in [0.2, 0.25) is 0 Å². The Bertz CT molecular complexity index is 235. The smallest absolute Gasteiger partial charge is 0.308 e. The highest BCUT2D eigenvalue weighted by atomic mass is 16.5. The van der Waals surface area contributed by atoms with E-state index in [1.165, 1.54) is 12.8 Å². The number of ether oxygens (including phenoxy) is 1.